The number of anilines is 2. The molecule has 18 nitrogen and oxygen atoms in total. The van der Waals surface area contributed by atoms with Crippen LogP contribution in [-0.4, -0.2) is 131 Å². The van der Waals surface area contributed by atoms with Crippen LogP contribution < -0.4 is 26.0 Å². The number of imidazole rings is 1. The lowest BCUT2D eigenvalue weighted by molar-refractivity contribution is -0.146. The number of halogens is 8. The number of aliphatic hydroxyl groups is 1. The smallest absolute Gasteiger partial charge is 0.416 e. The number of amides is 4. The summed E-state index contributed by atoms with van der Waals surface area (Å²) in [6.45, 7) is 3.66. The van der Waals surface area contributed by atoms with Crippen LogP contribution in [0, 0.1) is 23.5 Å². The van der Waals surface area contributed by atoms with Gasteiger partial charge in [-0.3, -0.25) is 23.7 Å². The molecule has 4 fully saturated rings. The third-order valence-electron chi connectivity index (χ3n) is 16.7. The quantitative estimate of drug-likeness (QED) is 0.0611. The molecular formula is C60H68F8N8O10. The van der Waals surface area contributed by atoms with E-state index in [-0.39, 0.29) is 74.9 Å². The number of hydrogen-bond acceptors (Lipinski definition) is 11. The number of carbonyl (C=O) groups is 6. The Bertz CT molecular complexity index is 3280. The summed E-state index contributed by atoms with van der Waals surface area (Å²) in [5, 5.41) is 40.9. The predicted octanol–water partition coefficient (Wildman–Crippen LogP) is 9.15. The number of benzene rings is 3. The molecular weight excluding hydrogens is 1140 g/mol. The Morgan fingerprint density at radius 2 is 1.15 bits per heavy atom. The Kier molecular flexibility index (Phi) is 18.4. The number of nitrogens with zero attached hydrogens (tertiary/aromatic N) is 4. The number of carbonyl (C=O) groups excluding carboxylic acids is 4. The zero-order valence-corrected chi connectivity index (χ0v) is 47.1. The maximum Gasteiger partial charge on any atom is 0.416 e. The van der Waals surface area contributed by atoms with Crippen LogP contribution in [0.5, 0.6) is 6.01 Å². The molecule has 0 bridgehead atoms. The molecule has 3 aromatic carbocycles. The molecule has 2 saturated carbocycles. The number of aromatic nitrogens is 2. The first-order valence-electron chi connectivity index (χ1n) is 28.8. The van der Waals surface area contributed by atoms with Gasteiger partial charge in [0.05, 0.1) is 34.8 Å². The van der Waals surface area contributed by atoms with E-state index in [4.69, 9.17) is 4.74 Å². The minimum absolute atomic E-state index is 0.0139. The lowest BCUT2D eigenvalue weighted by atomic mass is 10.0. The Morgan fingerprint density at radius 3 is 1.63 bits per heavy atom. The first kappa shape index (κ1) is 62.8. The third-order valence-corrected chi connectivity index (χ3v) is 16.7. The Morgan fingerprint density at radius 1 is 0.674 bits per heavy atom. The summed E-state index contributed by atoms with van der Waals surface area (Å²) in [5.41, 5.74) is -4.34. The molecule has 0 spiro atoms. The maximum absolute atomic E-state index is 14.4. The molecule has 464 valence electrons. The van der Waals surface area contributed by atoms with Crippen molar-refractivity contribution < 1.29 is 83.9 Å². The highest BCUT2D eigenvalue weighted by atomic mass is 19.4. The summed E-state index contributed by atoms with van der Waals surface area (Å²) in [5.74, 6) is -8.04. The van der Waals surface area contributed by atoms with Crippen molar-refractivity contribution in [1.82, 2.24) is 30.0 Å². The molecule has 2 saturated heterocycles. The molecule has 26 heteroatoms. The fourth-order valence-corrected chi connectivity index (χ4v) is 12.1. The fourth-order valence-electron chi connectivity index (χ4n) is 12.1. The molecule has 10 rings (SSSR count). The van der Waals surface area contributed by atoms with Gasteiger partial charge in [-0.2, -0.15) is 31.3 Å². The molecule has 5 heterocycles. The normalized spacial score (nSPS) is 29.2. The van der Waals surface area contributed by atoms with Crippen LogP contribution >= 0.6 is 0 Å². The van der Waals surface area contributed by atoms with E-state index in [1.54, 1.807) is 12.2 Å². The van der Waals surface area contributed by atoms with E-state index >= 15 is 0 Å². The minimum Gasteiger partial charge on any atom is -0.479 e. The van der Waals surface area contributed by atoms with Gasteiger partial charge in [0.25, 0.3) is 6.01 Å². The predicted molar refractivity (Wildman–Crippen MR) is 296 cm³/mol. The van der Waals surface area contributed by atoms with Crippen molar-refractivity contribution in [3.63, 3.8) is 0 Å². The first-order valence-corrected chi connectivity index (χ1v) is 28.8. The van der Waals surface area contributed by atoms with E-state index in [1.807, 2.05) is 54.8 Å². The Labute approximate surface area is 489 Å². The van der Waals surface area contributed by atoms with E-state index in [0.29, 0.717) is 68.3 Å². The minimum atomic E-state index is -4.81. The van der Waals surface area contributed by atoms with Gasteiger partial charge in [-0.25, -0.2) is 18.4 Å². The van der Waals surface area contributed by atoms with Gasteiger partial charge >= 0.3 is 24.3 Å². The molecule has 10 atom stereocenters. The average molecular weight is 1210 g/mol. The molecule has 4 aliphatic heterocycles. The van der Waals surface area contributed by atoms with Crippen molar-refractivity contribution in [3.8, 4) is 6.01 Å². The summed E-state index contributed by atoms with van der Waals surface area (Å²) in [7, 11) is 0. The lowest BCUT2D eigenvalue weighted by Gasteiger charge is -2.30. The standard InChI is InChI=1S/C35H39F4N5O5.C25H29F4N3O5/c1-20(2)44-28-13-9-8-11-26(28)41-33(44)49-25-17-29-30(45)42-34(32(47)48)18-21(34)10-6-4-3-5-7-12-27(31(46)43(29)19-25)40-24-15-22(35(37,38)39)14-23(36)16-24;26-16-8-15(25(27,28)29)9-17(10-16)30-19-7-5-3-1-2-4-6-14-12-24(14,23(36)37)31-21(34)20-11-18(33)13-32(20)22(19)35/h6,8-11,13-16,20-21,25,27,29,40H,3-5,7,12,17-19H2,1-2H3,(H,42,45)(H,47,48);4,6,8-10,14,18-20,30,33H,1-3,5,7,11-13H2,(H,31,34)(H,36,37)/b10-6-;6-4-/t21-,25-,27+,29+,34-;14-,18-,19+,20+,24-/m11/s1. The number of para-hydroxylation sites is 2. The number of alkyl halides is 6. The van der Waals surface area contributed by atoms with Gasteiger partial charge in [-0.1, -0.05) is 62.1 Å². The highest BCUT2D eigenvalue weighted by Gasteiger charge is 2.63. The fraction of sp³-hybridized carbons (Fsp3) is 0.517. The van der Waals surface area contributed by atoms with Gasteiger partial charge < -0.3 is 51.1 Å². The summed E-state index contributed by atoms with van der Waals surface area (Å²) in [6.07, 6.45) is 1.84. The van der Waals surface area contributed by atoms with Crippen LogP contribution in [-0.2, 0) is 41.1 Å². The number of allylic oxidation sites excluding steroid dienone is 2. The van der Waals surface area contributed by atoms with Crippen molar-refractivity contribution in [2.24, 2.45) is 11.8 Å². The van der Waals surface area contributed by atoms with Crippen LogP contribution in [0.2, 0.25) is 0 Å². The summed E-state index contributed by atoms with van der Waals surface area (Å²) >= 11 is 0. The number of carboxylic acids is 2. The van der Waals surface area contributed by atoms with E-state index in [2.05, 4.69) is 26.3 Å². The third kappa shape index (κ3) is 14.1. The van der Waals surface area contributed by atoms with Crippen LogP contribution in [0.15, 0.2) is 85.0 Å². The average Bonchev–Trinajstić information content (AvgIpc) is 1.68. The highest BCUT2D eigenvalue weighted by molar-refractivity contribution is 5.97. The second-order valence-electron chi connectivity index (χ2n) is 23.4. The van der Waals surface area contributed by atoms with Gasteiger partial charge in [0.1, 0.15) is 53.0 Å². The molecule has 4 amide bonds. The number of aliphatic carboxylic acids is 2. The van der Waals surface area contributed by atoms with Crippen molar-refractivity contribution >= 4 is 58.0 Å². The molecule has 0 unspecified atom stereocenters. The Hall–Kier alpha value is -7.77. The van der Waals surface area contributed by atoms with E-state index in [0.717, 1.165) is 41.5 Å². The van der Waals surface area contributed by atoms with Gasteiger partial charge in [0.2, 0.25) is 23.6 Å². The zero-order valence-electron chi connectivity index (χ0n) is 47.1. The number of hydrogen-bond donors (Lipinski definition) is 7. The van der Waals surface area contributed by atoms with E-state index in [9.17, 15) is 79.2 Å². The van der Waals surface area contributed by atoms with Crippen LogP contribution in [0.3, 0.4) is 0 Å². The van der Waals surface area contributed by atoms with Crippen molar-refractivity contribution in [1.29, 1.82) is 0 Å². The number of nitrogens with one attached hydrogen (secondary N) is 4. The molecule has 2 aliphatic carbocycles. The first-order chi connectivity index (χ1) is 40.7. The van der Waals surface area contributed by atoms with Crippen LogP contribution in [0.25, 0.3) is 11.0 Å². The molecule has 6 aliphatic rings. The summed E-state index contributed by atoms with van der Waals surface area (Å²) in [6, 6.07) is 7.16. The topological polar surface area (TPSA) is 245 Å². The number of fused-ring (bicyclic) bond motifs is 5. The molecule has 4 aromatic rings. The largest absolute Gasteiger partial charge is 0.479 e. The molecule has 0 radical (unpaired) electrons. The number of rotatable bonds is 9. The Balaban J connectivity index is 0.000000214. The second-order valence-corrected chi connectivity index (χ2v) is 23.4. The van der Waals surface area contributed by atoms with Gasteiger partial charge in [0, 0.05) is 48.6 Å². The number of aliphatic hydroxyl groups excluding tert-OH is 1. The highest BCUT2D eigenvalue weighted by Crippen LogP contribution is 2.47. The van der Waals surface area contributed by atoms with Crippen LogP contribution in [0.1, 0.15) is 121 Å². The van der Waals surface area contributed by atoms with E-state index in [1.165, 1.54) is 4.90 Å². The van der Waals surface area contributed by atoms with Crippen LogP contribution in [0.4, 0.5) is 46.5 Å². The lowest BCUT2D eigenvalue weighted by Crippen LogP contribution is -2.55. The monoisotopic (exact) mass is 1210 g/mol. The number of ether oxygens (including phenoxy) is 1. The second kappa shape index (κ2) is 25.3. The summed E-state index contributed by atoms with van der Waals surface area (Å²) in [4.78, 5) is 86.4. The number of carboxylic acid groups (broad SMARTS) is 2. The molecule has 86 heavy (non-hydrogen) atoms. The SMILES string of the molecule is CC(C)n1c(O[C@@H]2C[C@H]3C(=O)N[C@]4(C(=O)O)C[C@H]4/C=C\CCCCC[C@H](Nc4cc(F)cc(C(F)(F)F)c4)C(=O)N3C2)nc2ccccc21.O=C1N[C@]2(C(=O)O)C[C@H]2/C=C\CCCCC[C@H](Nc2cc(F)cc(C(F)(F)F)c2)C(=O)N2C[C@H](O)C[C@@H]12. The van der Waals surface area contributed by atoms with E-state index < -0.39 is 124 Å². The summed E-state index contributed by atoms with van der Waals surface area (Å²) < 4.78 is 117. The molecule has 1 aromatic heterocycles. The van der Waals surface area contributed by atoms with Gasteiger partial charge in [-0.05, 0) is 114 Å². The van der Waals surface area contributed by atoms with Gasteiger partial charge in [0.15, 0.2) is 0 Å². The molecule has 7 N–H and O–H groups in total. The zero-order chi connectivity index (χ0) is 62.0. The van der Waals surface area contributed by atoms with Crippen molar-refractivity contribution in [3.05, 3.63) is 108 Å². The van der Waals surface area contributed by atoms with Crippen molar-refractivity contribution in [2.75, 3.05) is 23.7 Å². The van der Waals surface area contributed by atoms with Crippen molar-refractivity contribution in [2.45, 2.75) is 170 Å². The van der Waals surface area contributed by atoms with Gasteiger partial charge in [-0.15, -0.1) is 0 Å². The maximum atomic E-state index is 14.4.